The number of hydrogen-bond donors (Lipinski definition) is 1. The summed E-state index contributed by atoms with van der Waals surface area (Å²) in [6, 6.07) is 3.21. The molecule has 3 amide bonds. The molecule has 1 atom stereocenters. The first-order chi connectivity index (χ1) is 9.64. The van der Waals surface area contributed by atoms with Gasteiger partial charge in [-0.2, -0.15) is 11.8 Å². The third kappa shape index (κ3) is 2.11. The smallest absolute Gasteiger partial charge is 0.325 e. The van der Waals surface area contributed by atoms with Crippen LogP contribution in [0.25, 0.3) is 0 Å². The van der Waals surface area contributed by atoms with Gasteiger partial charge in [0.05, 0.1) is 13.7 Å². The largest absolute Gasteiger partial charge is 0.481 e. The second-order valence-corrected chi connectivity index (χ2v) is 6.02. The molecule has 0 bridgehead atoms. The van der Waals surface area contributed by atoms with Crippen LogP contribution in [0.5, 0.6) is 5.88 Å². The van der Waals surface area contributed by atoms with Crippen molar-refractivity contribution in [2.24, 2.45) is 0 Å². The summed E-state index contributed by atoms with van der Waals surface area (Å²) >= 11 is 1.70. The van der Waals surface area contributed by atoms with Crippen molar-refractivity contribution in [1.82, 2.24) is 15.2 Å². The number of carbonyl (C=O) groups is 2. The minimum atomic E-state index is -0.679. The van der Waals surface area contributed by atoms with Crippen LogP contribution in [0.15, 0.2) is 18.3 Å². The average Bonchev–Trinajstić information content (AvgIpc) is 3.01. The summed E-state index contributed by atoms with van der Waals surface area (Å²) < 4.78 is 4.98. The van der Waals surface area contributed by atoms with Crippen molar-refractivity contribution in [1.29, 1.82) is 0 Å². The number of ether oxygens (including phenoxy) is 1. The Balaban J connectivity index is 1.76. The lowest BCUT2D eigenvalue weighted by Gasteiger charge is -2.19. The molecule has 6 nitrogen and oxygen atoms in total. The molecule has 0 radical (unpaired) electrons. The number of carbonyl (C=O) groups excluding carboxylic acids is 2. The average molecular weight is 293 g/mol. The lowest BCUT2D eigenvalue weighted by atomic mass is 9.99. The van der Waals surface area contributed by atoms with E-state index in [0.717, 1.165) is 11.3 Å². The maximum Gasteiger partial charge on any atom is 0.325 e. The predicted octanol–water partition coefficient (Wildman–Crippen LogP) is 1.02. The molecule has 106 valence electrons. The van der Waals surface area contributed by atoms with Gasteiger partial charge in [-0.05, 0) is 17.7 Å². The monoisotopic (exact) mass is 293 g/mol. The van der Waals surface area contributed by atoms with Crippen molar-refractivity contribution >= 4 is 23.7 Å². The Morgan fingerprint density at radius 1 is 1.50 bits per heavy atom. The molecule has 7 heteroatoms. The second-order valence-electron chi connectivity index (χ2n) is 4.91. The number of aromatic nitrogens is 1. The molecule has 3 heterocycles. The van der Waals surface area contributed by atoms with Crippen molar-refractivity contribution in [3.63, 3.8) is 0 Å². The molecule has 0 unspecified atom stereocenters. The number of nitrogens with one attached hydrogen (secondary N) is 1. The highest BCUT2D eigenvalue weighted by molar-refractivity contribution is 7.99. The summed E-state index contributed by atoms with van der Waals surface area (Å²) in [6.07, 6.45) is 2.33. The van der Waals surface area contributed by atoms with E-state index in [-0.39, 0.29) is 18.5 Å². The molecule has 0 aliphatic carbocycles. The summed E-state index contributed by atoms with van der Waals surface area (Å²) in [5.74, 6) is 1.96. The van der Waals surface area contributed by atoms with E-state index in [9.17, 15) is 9.59 Å². The molecule has 1 aromatic rings. The number of rotatable bonds is 3. The molecule has 1 N–H and O–H groups in total. The van der Waals surface area contributed by atoms with Gasteiger partial charge >= 0.3 is 6.03 Å². The lowest BCUT2D eigenvalue weighted by Crippen LogP contribution is -2.46. The van der Waals surface area contributed by atoms with Gasteiger partial charge in [0.1, 0.15) is 5.54 Å². The fourth-order valence-corrected chi connectivity index (χ4v) is 3.79. The van der Waals surface area contributed by atoms with Crippen LogP contribution in [0.2, 0.25) is 0 Å². The van der Waals surface area contributed by atoms with E-state index in [2.05, 4.69) is 10.3 Å². The third-order valence-electron chi connectivity index (χ3n) is 3.61. The fraction of sp³-hybridized carbons (Fsp3) is 0.462. The van der Waals surface area contributed by atoms with Crippen LogP contribution in [-0.4, -0.2) is 46.0 Å². The van der Waals surface area contributed by atoms with Gasteiger partial charge in [-0.3, -0.25) is 9.69 Å². The zero-order valence-electron chi connectivity index (χ0n) is 11.1. The van der Waals surface area contributed by atoms with E-state index in [4.69, 9.17) is 4.74 Å². The molecule has 2 saturated heterocycles. The predicted molar refractivity (Wildman–Crippen MR) is 74.5 cm³/mol. The zero-order valence-corrected chi connectivity index (χ0v) is 11.9. The fourth-order valence-electron chi connectivity index (χ4n) is 2.46. The molecule has 1 spiro atoms. The van der Waals surface area contributed by atoms with E-state index in [1.807, 2.05) is 0 Å². The van der Waals surface area contributed by atoms with Crippen LogP contribution in [-0.2, 0) is 11.3 Å². The Kier molecular flexibility index (Phi) is 3.29. The Morgan fingerprint density at radius 3 is 2.95 bits per heavy atom. The Bertz CT molecular complexity index is 540. The molecule has 1 aromatic heterocycles. The quantitative estimate of drug-likeness (QED) is 0.842. The molecule has 0 saturated carbocycles. The van der Waals surface area contributed by atoms with Gasteiger partial charge in [0.2, 0.25) is 5.88 Å². The van der Waals surface area contributed by atoms with E-state index in [1.54, 1.807) is 37.2 Å². The molecule has 2 aliphatic heterocycles. The highest BCUT2D eigenvalue weighted by Crippen LogP contribution is 2.33. The number of imide groups is 1. The van der Waals surface area contributed by atoms with Gasteiger partial charge in [-0.15, -0.1) is 0 Å². The van der Waals surface area contributed by atoms with Crippen LogP contribution in [0, 0.1) is 0 Å². The van der Waals surface area contributed by atoms with Crippen LogP contribution < -0.4 is 10.1 Å². The summed E-state index contributed by atoms with van der Waals surface area (Å²) in [7, 11) is 1.54. The number of amides is 3. The molecule has 20 heavy (non-hydrogen) atoms. The summed E-state index contributed by atoms with van der Waals surface area (Å²) in [5, 5.41) is 2.84. The molecule has 2 fully saturated rings. The van der Waals surface area contributed by atoms with Gasteiger partial charge in [-0.25, -0.2) is 9.78 Å². The topological polar surface area (TPSA) is 71.5 Å². The van der Waals surface area contributed by atoms with Gasteiger partial charge in [0.25, 0.3) is 5.91 Å². The van der Waals surface area contributed by atoms with Crippen LogP contribution in [0.1, 0.15) is 12.0 Å². The Morgan fingerprint density at radius 2 is 2.35 bits per heavy atom. The maximum absolute atomic E-state index is 12.5. The van der Waals surface area contributed by atoms with E-state index >= 15 is 0 Å². The molecule has 2 aliphatic rings. The van der Waals surface area contributed by atoms with Crippen LogP contribution >= 0.6 is 11.8 Å². The van der Waals surface area contributed by atoms with E-state index in [0.29, 0.717) is 18.1 Å². The first kappa shape index (κ1) is 13.2. The number of pyridine rings is 1. The normalized spacial score (nSPS) is 25.4. The van der Waals surface area contributed by atoms with Gasteiger partial charge in [0, 0.05) is 18.0 Å². The van der Waals surface area contributed by atoms with Gasteiger partial charge in [0.15, 0.2) is 0 Å². The summed E-state index contributed by atoms with van der Waals surface area (Å²) in [4.78, 5) is 29.8. The second kappa shape index (κ2) is 4.97. The highest BCUT2D eigenvalue weighted by Gasteiger charge is 2.52. The number of thioether (sulfide) groups is 1. The van der Waals surface area contributed by atoms with Crippen LogP contribution in [0.3, 0.4) is 0 Å². The van der Waals surface area contributed by atoms with E-state index < -0.39 is 5.54 Å². The molecular formula is C13H15N3O3S. The number of methoxy groups -OCH3 is 1. The third-order valence-corrected chi connectivity index (χ3v) is 4.80. The highest BCUT2D eigenvalue weighted by atomic mass is 32.2. The Labute approximate surface area is 120 Å². The SMILES string of the molecule is COc1ccc(CN2C(=O)N[C@]3(CCSC3)C2=O)cn1. The summed E-state index contributed by atoms with van der Waals surface area (Å²) in [5.41, 5.74) is 0.124. The van der Waals surface area contributed by atoms with Crippen LogP contribution in [0.4, 0.5) is 4.79 Å². The first-order valence-corrected chi connectivity index (χ1v) is 7.51. The van der Waals surface area contributed by atoms with Gasteiger partial charge < -0.3 is 10.1 Å². The van der Waals surface area contributed by atoms with Crippen molar-refractivity contribution in [3.8, 4) is 5.88 Å². The van der Waals surface area contributed by atoms with E-state index in [1.165, 1.54) is 4.90 Å². The number of hydrogen-bond acceptors (Lipinski definition) is 5. The standard InChI is InChI=1S/C13H15N3O3S/c1-19-10-3-2-9(6-14-10)7-16-11(17)13(15-12(16)18)4-5-20-8-13/h2-3,6H,4-5,7-8H2,1H3,(H,15,18)/t13-/m0/s1. The zero-order chi connectivity index (χ0) is 14.2. The Hall–Kier alpha value is -1.76. The van der Waals surface area contributed by atoms with Crippen molar-refractivity contribution in [3.05, 3.63) is 23.9 Å². The molecule has 3 rings (SSSR count). The van der Waals surface area contributed by atoms with Crippen molar-refractivity contribution in [2.45, 2.75) is 18.5 Å². The first-order valence-electron chi connectivity index (χ1n) is 6.35. The molecular weight excluding hydrogens is 278 g/mol. The number of nitrogens with zero attached hydrogens (tertiary/aromatic N) is 2. The van der Waals surface area contributed by atoms with Crippen molar-refractivity contribution < 1.29 is 14.3 Å². The summed E-state index contributed by atoms with van der Waals surface area (Å²) in [6.45, 7) is 0.244. The molecule has 0 aromatic carbocycles. The van der Waals surface area contributed by atoms with Crippen molar-refractivity contribution in [2.75, 3.05) is 18.6 Å². The minimum Gasteiger partial charge on any atom is -0.481 e. The van der Waals surface area contributed by atoms with Gasteiger partial charge in [-0.1, -0.05) is 6.07 Å². The minimum absolute atomic E-state index is 0.122. The maximum atomic E-state index is 12.5. The number of urea groups is 1. The lowest BCUT2D eigenvalue weighted by molar-refractivity contribution is -0.130.